The van der Waals surface area contributed by atoms with Gasteiger partial charge in [0, 0.05) is 18.3 Å². The summed E-state index contributed by atoms with van der Waals surface area (Å²) in [6, 6.07) is 2.48. The van der Waals surface area contributed by atoms with E-state index < -0.39 is 0 Å². The van der Waals surface area contributed by atoms with Crippen LogP contribution in [0.25, 0.3) is 0 Å². The summed E-state index contributed by atoms with van der Waals surface area (Å²) in [5.74, 6) is 1.02. The van der Waals surface area contributed by atoms with Crippen LogP contribution in [0.1, 0.15) is 55.8 Å². The number of piperidine rings is 1. The third-order valence-electron chi connectivity index (χ3n) is 4.21. The van der Waals surface area contributed by atoms with Gasteiger partial charge < -0.3 is 15.8 Å². The van der Waals surface area contributed by atoms with Crippen LogP contribution in [0.15, 0.2) is 11.2 Å². The summed E-state index contributed by atoms with van der Waals surface area (Å²) in [6.07, 6.45) is 5.95. The first kappa shape index (κ1) is 15.6. The fraction of sp³-hybridized carbons (Fsp3) is 0.625. The molecule has 0 spiro atoms. The van der Waals surface area contributed by atoms with Crippen molar-refractivity contribution in [1.29, 1.82) is 0 Å². The molecule has 0 radical (unpaired) electrons. The van der Waals surface area contributed by atoms with Crippen molar-refractivity contribution in [3.05, 3.63) is 22.9 Å². The number of oxime groups is 1. The quantitative estimate of drug-likeness (QED) is 0.387. The minimum atomic E-state index is 0.149. The van der Waals surface area contributed by atoms with E-state index in [1.54, 1.807) is 0 Å². The molecule has 0 aliphatic carbocycles. The van der Waals surface area contributed by atoms with Gasteiger partial charge >= 0.3 is 0 Å². The second kappa shape index (κ2) is 6.78. The zero-order valence-electron chi connectivity index (χ0n) is 13.3. The molecular formula is C16H26N4O. The van der Waals surface area contributed by atoms with E-state index in [0.717, 1.165) is 42.0 Å². The first-order valence-corrected chi connectivity index (χ1v) is 7.81. The first-order chi connectivity index (χ1) is 10.1. The summed E-state index contributed by atoms with van der Waals surface area (Å²) in [5.41, 5.74) is 8.65. The molecule has 1 aliphatic heterocycles. The minimum Gasteiger partial charge on any atom is -0.409 e. The maximum Gasteiger partial charge on any atom is 0.174 e. The van der Waals surface area contributed by atoms with E-state index in [1.165, 1.54) is 19.3 Å². The van der Waals surface area contributed by atoms with E-state index in [1.807, 2.05) is 19.9 Å². The van der Waals surface area contributed by atoms with Gasteiger partial charge in [0.1, 0.15) is 5.82 Å². The van der Waals surface area contributed by atoms with Crippen LogP contribution in [0.2, 0.25) is 0 Å². The predicted molar refractivity (Wildman–Crippen MR) is 86.1 cm³/mol. The van der Waals surface area contributed by atoms with Crippen molar-refractivity contribution in [3.63, 3.8) is 0 Å². The van der Waals surface area contributed by atoms with E-state index in [2.05, 4.69) is 17.0 Å². The zero-order chi connectivity index (χ0) is 15.4. The molecule has 1 aliphatic rings. The van der Waals surface area contributed by atoms with Gasteiger partial charge in [-0.3, -0.25) is 0 Å². The number of hydrogen-bond acceptors (Lipinski definition) is 4. The smallest absolute Gasteiger partial charge is 0.174 e. The molecule has 5 nitrogen and oxygen atoms in total. The number of nitrogens with zero attached hydrogens (tertiary/aromatic N) is 3. The molecule has 116 valence electrons. The average molecular weight is 290 g/mol. The van der Waals surface area contributed by atoms with E-state index in [-0.39, 0.29) is 5.84 Å². The Morgan fingerprint density at radius 2 is 2.24 bits per heavy atom. The third kappa shape index (κ3) is 3.28. The molecule has 1 aromatic rings. The van der Waals surface area contributed by atoms with E-state index in [0.29, 0.717) is 6.04 Å². The van der Waals surface area contributed by atoms with Crippen molar-refractivity contribution in [3.8, 4) is 0 Å². The van der Waals surface area contributed by atoms with Crippen molar-refractivity contribution in [2.24, 2.45) is 10.9 Å². The highest BCUT2D eigenvalue weighted by molar-refractivity contribution is 6.02. The van der Waals surface area contributed by atoms with Crippen molar-refractivity contribution >= 4 is 11.7 Å². The Labute approximate surface area is 126 Å². The van der Waals surface area contributed by atoms with Gasteiger partial charge in [0.05, 0.1) is 5.56 Å². The average Bonchev–Trinajstić information content (AvgIpc) is 2.46. The molecule has 21 heavy (non-hydrogen) atoms. The molecule has 5 heteroatoms. The number of hydrogen-bond donors (Lipinski definition) is 2. The highest BCUT2D eigenvalue weighted by Gasteiger charge is 2.27. The number of aryl methyl sites for hydroxylation is 2. The molecule has 1 saturated heterocycles. The van der Waals surface area contributed by atoms with Gasteiger partial charge in [0.25, 0.3) is 0 Å². The number of anilines is 1. The molecule has 2 heterocycles. The fourth-order valence-corrected chi connectivity index (χ4v) is 3.30. The summed E-state index contributed by atoms with van der Waals surface area (Å²) >= 11 is 0. The van der Waals surface area contributed by atoms with Crippen LogP contribution in [0, 0.1) is 13.8 Å². The number of rotatable bonds is 4. The normalized spacial score (nSPS) is 19.9. The number of aromatic nitrogens is 1. The maximum atomic E-state index is 9.09. The van der Waals surface area contributed by atoms with Crippen molar-refractivity contribution < 1.29 is 5.21 Å². The number of pyridine rings is 1. The second-order valence-electron chi connectivity index (χ2n) is 5.90. The molecule has 1 aromatic heterocycles. The van der Waals surface area contributed by atoms with Gasteiger partial charge in [-0.2, -0.15) is 0 Å². The summed E-state index contributed by atoms with van der Waals surface area (Å²) in [6.45, 7) is 7.19. The Morgan fingerprint density at radius 3 is 2.90 bits per heavy atom. The summed E-state index contributed by atoms with van der Waals surface area (Å²) < 4.78 is 0. The Bertz CT molecular complexity index is 525. The predicted octanol–water partition coefficient (Wildman–Crippen LogP) is 2.95. The summed E-state index contributed by atoms with van der Waals surface area (Å²) in [5, 5.41) is 12.3. The standard InChI is InChI=1S/C16H26N4O/c1-4-7-13-8-5-6-9-20(13)16-14(15(17)19-21)11(2)10-12(3)18-16/h10,13,21H,4-9H2,1-3H3,(H2,17,19). The van der Waals surface area contributed by atoms with Crippen molar-refractivity contribution in [2.75, 3.05) is 11.4 Å². The molecular weight excluding hydrogens is 264 g/mol. The van der Waals surface area contributed by atoms with E-state index in [9.17, 15) is 0 Å². The van der Waals surface area contributed by atoms with Crippen LogP contribution in [-0.2, 0) is 0 Å². The maximum absolute atomic E-state index is 9.09. The first-order valence-electron chi connectivity index (χ1n) is 7.81. The van der Waals surface area contributed by atoms with Crippen LogP contribution in [-0.4, -0.2) is 28.6 Å². The summed E-state index contributed by atoms with van der Waals surface area (Å²) in [4.78, 5) is 7.07. The minimum absolute atomic E-state index is 0.149. The molecule has 3 N–H and O–H groups in total. The lowest BCUT2D eigenvalue weighted by molar-refractivity contribution is 0.318. The van der Waals surface area contributed by atoms with Crippen LogP contribution in [0.4, 0.5) is 5.82 Å². The third-order valence-corrected chi connectivity index (χ3v) is 4.21. The van der Waals surface area contributed by atoms with Crippen LogP contribution in [0.3, 0.4) is 0 Å². The largest absolute Gasteiger partial charge is 0.409 e. The summed E-state index contributed by atoms with van der Waals surface area (Å²) in [7, 11) is 0. The van der Waals surface area contributed by atoms with Crippen molar-refractivity contribution in [1.82, 2.24) is 4.98 Å². The van der Waals surface area contributed by atoms with Crippen LogP contribution >= 0.6 is 0 Å². The molecule has 0 aromatic carbocycles. The topological polar surface area (TPSA) is 74.7 Å². The molecule has 1 atom stereocenters. The lowest BCUT2D eigenvalue weighted by atomic mass is 9.96. The molecule has 0 amide bonds. The zero-order valence-corrected chi connectivity index (χ0v) is 13.3. The van der Waals surface area contributed by atoms with E-state index in [4.69, 9.17) is 15.9 Å². The van der Waals surface area contributed by atoms with Gasteiger partial charge in [-0.05, 0) is 51.2 Å². The molecule has 0 saturated carbocycles. The Hall–Kier alpha value is -1.78. The molecule has 0 bridgehead atoms. The fourth-order valence-electron chi connectivity index (χ4n) is 3.30. The van der Waals surface area contributed by atoms with Gasteiger partial charge in [0.2, 0.25) is 0 Å². The lowest BCUT2D eigenvalue weighted by Crippen LogP contribution is -2.41. The van der Waals surface area contributed by atoms with E-state index >= 15 is 0 Å². The van der Waals surface area contributed by atoms with Crippen molar-refractivity contribution in [2.45, 2.75) is 58.9 Å². The van der Waals surface area contributed by atoms with Gasteiger partial charge in [-0.25, -0.2) is 4.98 Å². The molecule has 1 unspecified atom stereocenters. The number of amidine groups is 1. The Kier molecular flexibility index (Phi) is 5.04. The monoisotopic (exact) mass is 290 g/mol. The Morgan fingerprint density at radius 1 is 1.48 bits per heavy atom. The second-order valence-corrected chi connectivity index (χ2v) is 5.90. The highest BCUT2D eigenvalue weighted by Crippen LogP contribution is 2.30. The Balaban J connectivity index is 2.49. The number of nitrogens with two attached hydrogens (primary N) is 1. The van der Waals surface area contributed by atoms with Gasteiger partial charge in [-0.15, -0.1) is 0 Å². The molecule has 2 rings (SSSR count). The van der Waals surface area contributed by atoms with Gasteiger partial charge in [-0.1, -0.05) is 18.5 Å². The van der Waals surface area contributed by atoms with Crippen LogP contribution in [0.5, 0.6) is 0 Å². The molecule has 1 fully saturated rings. The van der Waals surface area contributed by atoms with Gasteiger partial charge in [0.15, 0.2) is 5.84 Å². The van der Waals surface area contributed by atoms with Crippen LogP contribution < -0.4 is 10.6 Å². The lowest BCUT2D eigenvalue weighted by Gasteiger charge is -2.38. The SMILES string of the molecule is CCCC1CCCCN1c1nc(C)cc(C)c1/C(N)=N/O. The highest BCUT2D eigenvalue weighted by atomic mass is 16.4.